The summed E-state index contributed by atoms with van der Waals surface area (Å²) in [5, 5.41) is 3.73. The van der Waals surface area contributed by atoms with Gasteiger partial charge in [0.1, 0.15) is 5.41 Å². The minimum atomic E-state index is -1.29. The second-order valence-electron chi connectivity index (χ2n) is 7.85. The Labute approximate surface area is 145 Å². The lowest BCUT2D eigenvalue weighted by Gasteiger charge is -2.37. The number of Topliss-reactive ketones (excluding diaryl/α,β-unsaturated/α-hetero) is 2. The first kappa shape index (κ1) is 15.9. The zero-order valence-electron chi connectivity index (χ0n) is 14.6. The van der Waals surface area contributed by atoms with Crippen molar-refractivity contribution < 1.29 is 14.4 Å². The van der Waals surface area contributed by atoms with Crippen molar-refractivity contribution in [2.45, 2.75) is 33.6 Å². The van der Waals surface area contributed by atoms with Crippen LogP contribution in [0.25, 0.3) is 10.9 Å². The molecule has 0 spiro atoms. The van der Waals surface area contributed by atoms with Crippen LogP contribution in [0.5, 0.6) is 0 Å². The number of carbonyl (C=O) groups is 3. The molecule has 0 radical (unpaired) electrons. The fourth-order valence-electron chi connectivity index (χ4n) is 4.71. The van der Waals surface area contributed by atoms with Crippen LogP contribution in [0.15, 0.2) is 36.5 Å². The number of hydrogen-bond donors (Lipinski definition) is 1. The molecule has 0 saturated heterocycles. The number of anilines is 1. The van der Waals surface area contributed by atoms with Crippen molar-refractivity contribution in [3.8, 4) is 0 Å². The maximum absolute atomic E-state index is 13.2. The van der Waals surface area contributed by atoms with Gasteiger partial charge in [-0.15, -0.1) is 0 Å². The Morgan fingerprint density at radius 3 is 2.48 bits per heavy atom. The summed E-state index contributed by atoms with van der Waals surface area (Å²) in [4.78, 5) is 42.9. The second-order valence-corrected chi connectivity index (χ2v) is 7.85. The summed E-state index contributed by atoms with van der Waals surface area (Å²) in [5.41, 5.74) is -1.38. The number of nitrogens with zero attached hydrogens (tertiary/aromatic N) is 1. The monoisotopic (exact) mass is 336 g/mol. The molecule has 2 atom stereocenters. The van der Waals surface area contributed by atoms with Gasteiger partial charge in [-0.1, -0.05) is 26.8 Å². The van der Waals surface area contributed by atoms with Crippen molar-refractivity contribution in [2.24, 2.45) is 16.2 Å². The highest BCUT2D eigenvalue weighted by atomic mass is 16.2. The van der Waals surface area contributed by atoms with E-state index in [1.807, 2.05) is 39.0 Å². The first-order valence-electron chi connectivity index (χ1n) is 8.50. The number of ketones is 2. The second kappa shape index (κ2) is 4.75. The molecule has 2 fully saturated rings. The number of pyridine rings is 1. The van der Waals surface area contributed by atoms with Crippen molar-refractivity contribution in [1.82, 2.24) is 4.98 Å². The largest absolute Gasteiger partial charge is 0.325 e. The molecule has 5 nitrogen and oxygen atoms in total. The Kier molecular flexibility index (Phi) is 3.03. The zero-order chi connectivity index (χ0) is 18.0. The number of carbonyl (C=O) groups excluding carboxylic acids is 3. The fraction of sp³-hybridized carbons (Fsp3) is 0.400. The molecular weight excluding hydrogens is 316 g/mol. The van der Waals surface area contributed by atoms with Crippen LogP contribution >= 0.6 is 0 Å². The van der Waals surface area contributed by atoms with E-state index < -0.39 is 27.8 Å². The Morgan fingerprint density at radius 1 is 1.04 bits per heavy atom. The van der Waals surface area contributed by atoms with Crippen LogP contribution in [0.1, 0.15) is 33.6 Å². The summed E-state index contributed by atoms with van der Waals surface area (Å²) in [5.74, 6) is -1.32. The molecule has 1 aromatic heterocycles. The van der Waals surface area contributed by atoms with Gasteiger partial charge in [0.05, 0.1) is 11.2 Å². The van der Waals surface area contributed by atoms with Crippen molar-refractivity contribution in [3.63, 3.8) is 0 Å². The van der Waals surface area contributed by atoms with Crippen LogP contribution in [0, 0.1) is 16.2 Å². The molecule has 1 N–H and O–H groups in total. The topological polar surface area (TPSA) is 76.1 Å². The molecule has 0 aliphatic heterocycles. The van der Waals surface area contributed by atoms with E-state index >= 15 is 0 Å². The number of rotatable bonds is 2. The highest BCUT2D eigenvalue weighted by Gasteiger charge is 2.77. The molecule has 2 aromatic rings. The molecule has 2 saturated carbocycles. The molecule has 2 aliphatic rings. The van der Waals surface area contributed by atoms with E-state index in [0.717, 1.165) is 10.9 Å². The summed E-state index contributed by atoms with van der Waals surface area (Å²) in [6.07, 6.45) is 2.67. The average molecular weight is 336 g/mol. The number of fused-ring (bicyclic) bond motifs is 3. The molecule has 2 bridgehead atoms. The van der Waals surface area contributed by atoms with Crippen molar-refractivity contribution >= 4 is 34.1 Å². The summed E-state index contributed by atoms with van der Waals surface area (Å²) in [6, 6.07) is 9.15. The van der Waals surface area contributed by atoms with Gasteiger partial charge in [-0.05, 0) is 42.5 Å². The molecule has 1 aromatic carbocycles. The van der Waals surface area contributed by atoms with Gasteiger partial charge in [0.2, 0.25) is 17.5 Å². The Morgan fingerprint density at radius 2 is 1.80 bits per heavy atom. The number of nitrogens with one attached hydrogen (secondary N) is 1. The Bertz CT molecular complexity index is 944. The third-order valence-electron chi connectivity index (χ3n) is 6.82. The first-order chi connectivity index (χ1) is 11.8. The number of aromatic nitrogens is 1. The van der Waals surface area contributed by atoms with Gasteiger partial charge in [-0.25, -0.2) is 0 Å². The van der Waals surface area contributed by atoms with Crippen LogP contribution < -0.4 is 5.32 Å². The zero-order valence-corrected chi connectivity index (χ0v) is 14.6. The van der Waals surface area contributed by atoms with Gasteiger partial charge >= 0.3 is 0 Å². The summed E-state index contributed by atoms with van der Waals surface area (Å²) in [7, 11) is 0. The van der Waals surface area contributed by atoms with Crippen LogP contribution in [0.4, 0.5) is 5.69 Å². The minimum absolute atomic E-state index is 0.381. The molecular formula is C20H20N2O3. The SMILES string of the molecule is CC12CCC(C(=O)Nc3cccc4ncccc34)(C(=O)C1=O)C2(C)C. The van der Waals surface area contributed by atoms with Gasteiger partial charge in [0, 0.05) is 17.0 Å². The summed E-state index contributed by atoms with van der Waals surface area (Å²) < 4.78 is 0. The standard InChI is InChI=1S/C20H20N2O3/c1-18(2)19(3)9-10-20(18,16(24)15(19)23)17(25)22-14-8-4-7-13-12(14)6-5-11-21-13/h4-8,11H,9-10H2,1-3H3,(H,22,25). The minimum Gasteiger partial charge on any atom is -0.325 e. The van der Waals surface area contributed by atoms with Gasteiger partial charge < -0.3 is 5.32 Å². The molecule has 2 unspecified atom stereocenters. The van der Waals surface area contributed by atoms with E-state index in [-0.39, 0.29) is 5.91 Å². The van der Waals surface area contributed by atoms with Crippen LogP contribution in [-0.4, -0.2) is 22.5 Å². The molecule has 5 heteroatoms. The van der Waals surface area contributed by atoms with Crippen LogP contribution in [0.3, 0.4) is 0 Å². The smallest absolute Gasteiger partial charge is 0.239 e. The van der Waals surface area contributed by atoms with Gasteiger partial charge in [-0.3, -0.25) is 19.4 Å². The number of benzene rings is 1. The molecule has 2 aliphatic carbocycles. The molecule has 25 heavy (non-hydrogen) atoms. The van der Waals surface area contributed by atoms with E-state index in [0.29, 0.717) is 18.5 Å². The van der Waals surface area contributed by atoms with E-state index in [9.17, 15) is 14.4 Å². The summed E-state index contributed by atoms with van der Waals surface area (Å²) >= 11 is 0. The van der Waals surface area contributed by atoms with Crippen molar-refractivity contribution in [2.75, 3.05) is 5.32 Å². The van der Waals surface area contributed by atoms with E-state index in [1.165, 1.54) is 0 Å². The predicted molar refractivity (Wildman–Crippen MR) is 93.9 cm³/mol. The van der Waals surface area contributed by atoms with E-state index in [1.54, 1.807) is 18.3 Å². The lowest BCUT2D eigenvalue weighted by Crippen LogP contribution is -2.47. The van der Waals surface area contributed by atoms with Crippen molar-refractivity contribution in [3.05, 3.63) is 36.5 Å². The molecule has 1 heterocycles. The van der Waals surface area contributed by atoms with Gasteiger partial charge in [0.15, 0.2) is 0 Å². The first-order valence-corrected chi connectivity index (χ1v) is 8.50. The third-order valence-corrected chi connectivity index (χ3v) is 6.82. The van der Waals surface area contributed by atoms with Gasteiger partial charge in [0.25, 0.3) is 0 Å². The van der Waals surface area contributed by atoms with E-state index in [4.69, 9.17) is 0 Å². The maximum atomic E-state index is 13.2. The van der Waals surface area contributed by atoms with E-state index in [2.05, 4.69) is 10.3 Å². The quantitative estimate of drug-likeness (QED) is 0.675. The average Bonchev–Trinajstić information content (AvgIpc) is 2.87. The van der Waals surface area contributed by atoms with Crippen LogP contribution in [-0.2, 0) is 14.4 Å². The molecule has 4 rings (SSSR count). The fourth-order valence-corrected chi connectivity index (χ4v) is 4.71. The predicted octanol–water partition coefficient (Wildman–Crippen LogP) is 3.14. The molecule has 128 valence electrons. The highest BCUT2D eigenvalue weighted by Crippen LogP contribution is 2.69. The van der Waals surface area contributed by atoms with Crippen molar-refractivity contribution in [1.29, 1.82) is 0 Å². The lowest BCUT2D eigenvalue weighted by molar-refractivity contribution is -0.147. The molecule has 1 amide bonds. The number of hydrogen-bond acceptors (Lipinski definition) is 4. The Hall–Kier alpha value is -2.56. The normalized spacial score (nSPS) is 30.0. The Balaban J connectivity index is 1.79. The lowest BCUT2D eigenvalue weighted by atomic mass is 9.64. The number of amides is 1. The maximum Gasteiger partial charge on any atom is 0.239 e. The highest BCUT2D eigenvalue weighted by molar-refractivity contribution is 6.49. The van der Waals surface area contributed by atoms with Crippen LogP contribution in [0.2, 0.25) is 0 Å². The third kappa shape index (κ3) is 1.68. The van der Waals surface area contributed by atoms with Gasteiger partial charge in [-0.2, -0.15) is 0 Å². The summed E-state index contributed by atoms with van der Waals surface area (Å²) in [6.45, 7) is 5.55.